The van der Waals surface area contributed by atoms with Gasteiger partial charge in [0.2, 0.25) is 0 Å². The standard InChI is InChI=1S/C16H23ClO2/c1-10-4-6-14(8-11(10)2)19-16-7-5-13(12(3)18)9-15(16)17/h5,7,9-12,14,18H,4,6,8H2,1-3H3. The van der Waals surface area contributed by atoms with Gasteiger partial charge in [-0.15, -0.1) is 0 Å². The number of benzene rings is 1. The van der Waals surface area contributed by atoms with E-state index in [0.717, 1.165) is 30.1 Å². The van der Waals surface area contributed by atoms with E-state index < -0.39 is 6.10 Å². The molecule has 3 heteroatoms. The van der Waals surface area contributed by atoms with Crippen LogP contribution in [0.5, 0.6) is 5.75 Å². The Bertz CT molecular complexity index is 431. The van der Waals surface area contributed by atoms with Crippen LogP contribution in [0.3, 0.4) is 0 Å². The zero-order valence-corrected chi connectivity index (χ0v) is 12.7. The molecule has 4 atom stereocenters. The van der Waals surface area contributed by atoms with Crippen LogP contribution in [0.2, 0.25) is 5.02 Å². The van der Waals surface area contributed by atoms with E-state index in [1.807, 2.05) is 12.1 Å². The molecular formula is C16H23ClO2. The largest absolute Gasteiger partial charge is 0.489 e. The number of rotatable bonds is 3. The van der Waals surface area contributed by atoms with E-state index in [1.165, 1.54) is 6.42 Å². The second-order valence-electron chi connectivity index (χ2n) is 5.87. The van der Waals surface area contributed by atoms with Crippen molar-refractivity contribution < 1.29 is 9.84 Å². The Hall–Kier alpha value is -0.730. The number of hydrogen-bond donors (Lipinski definition) is 1. The molecule has 0 bridgehead atoms. The van der Waals surface area contributed by atoms with Gasteiger partial charge in [-0.2, -0.15) is 0 Å². The van der Waals surface area contributed by atoms with Crippen molar-refractivity contribution in [3.8, 4) is 5.75 Å². The first-order valence-corrected chi connectivity index (χ1v) is 7.49. The lowest BCUT2D eigenvalue weighted by Gasteiger charge is -2.32. The Morgan fingerprint density at radius 2 is 2.00 bits per heavy atom. The third-order valence-electron chi connectivity index (χ3n) is 4.28. The van der Waals surface area contributed by atoms with Gasteiger partial charge in [-0.3, -0.25) is 0 Å². The van der Waals surface area contributed by atoms with Gasteiger partial charge in [0.05, 0.1) is 17.2 Å². The highest BCUT2D eigenvalue weighted by molar-refractivity contribution is 6.32. The van der Waals surface area contributed by atoms with Crippen LogP contribution in [0, 0.1) is 11.8 Å². The molecule has 0 amide bonds. The average molecular weight is 283 g/mol. The van der Waals surface area contributed by atoms with Crippen molar-refractivity contribution in [1.29, 1.82) is 0 Å². The topological polar surface area (TPSA) is 29.5 Å². The maximum Gasteiger partial charge on any atom is 0.138 e. The zero-order chi connectivity index (χ0) is 14.0. The van der Waals surface area contributed by atoms with Crippen LogP contribution in [0.15, 0.2) is 18.2 Å². The van der Waals surface area contributed by atoms with Crippen LogP contribution in [0.4, 0.5) is 0 Å². The normalized spacial score (nSPS) is 29.0. The van der Waals surface area contributed by atoms with Crippen molar-refractivity contribution in [2.45, 2.75) is 52.2 Å². The molecule has 4 unspecified atom stereocenters. The fraction of sp³-hybridized carbons (Fsp3) is 0.625. The van der Waals surface area contributed by atoms with E-state index >= 15 is 0 Å². The quantitative estimate of drug-likeness (QED) is 0.878. The molecule has 1 N–H and O–H groups in total. The summed E-state index contributed by atoms with van der Waals surface area (Å²) in [5.74, 6) is 2.22. The summed E-state index contributed by atoms with van der Waals surface area (Å²) in [5.41, 5.74) is 0.822. The molecule has 0 saturated heterocycles. The number of halogens is 1. The number of hydrogen-bond acceptors (Lipinski definition) is 2. The predicted octanol–water partition coefficient (Wildman–Crippen LogP) is 4.60. The molecule has 0 heterocycles. The summed E-state index contributed by atoms with van der Waals surface area (Å²) in [6.45, 7) is 6.33. The number of aliphatic hydroxyl groups is 1. The first-order valence-electron chi connectivity index (χ1n) is 7.11. The highest BCUT2D eigenvalue weighted by Gasteiger charge is 2.26. The van der Waals surface area contributed by atoms with Crippen molar-refractivity contribution in [3.63, 3.8) is 0 Å². The Labute approximate surface area is 120 Å². The minimum Gasteiger partial charge on any atom is -0.489 e. The minimum atomic E-state index is -0.498. The van der Waals surface area contributed by atoms with Crippen LogP contribution in [-0.4, -0.2) is 11.2 Å². The van der Waals surface area contributed by atoms with Gasteiger partial charge in [-0.25, -0.2) is 0 Å². The summed E-state index contributed by atoms with van der Waals surface area (Å²) in [4.78, 5) is 0. The third-order valence-corrected chi connectivity index (χ3v) is 4.58. The monoisotopic (exact) mass is 282 g/mol. The molecule has 1 aliphatic carbocycles. The first-order chi connectivity index (χ1) is 8.97. The van der Waals surface area contributed by atoms with Gasteiger partial charge < -0.3 is 9.84 Å². The van der Waals surface area contributed by atoms with Crippen molar-refractivity contribution in [1.82, 2.24) is 0 Å². The van der Waals surface area contributed by atoms with Gasteiger partial charge in [-0.1, -0.05) is 31.5 Å². The molecule has 19 heavy (non-hydrogen) atoms. The SMILES string of the molecule is CC(O)c1ccc(OC2CCC(C)C(C)C2)c(Cl)c1. The van der Waals surface area contributed by atoms with Gasteiger partial charge in [-0.05, 0) is 55.7 Å². The average Bonchev–Trinajstić information content (AvgIpc) is 2.36. The van der Waals surface area contributed by atoms with Gasteiger partial charge in [0.15, 0.2) is 0 Å². The van der Waals surface area contributed by atoms with E-state index in [0.29, 0.717) is 10.9 Å². The second-order valence-corrected chi connectivity index (χ2v) is 6.28. The molecule has 0 spiro atoms. The van der Waals surface area contributed by atoms with Gasteiger partial charge >= 0.3 is 0 Å². The molecular weight excluding hydrogens is 260 g/mol. The molecule has 1 aromatic rings. The molecule has 106 valence electrons. The van der Waals surface area contributed by atoms with E-state index in [9.17, 15) is 5.11 Å². The number of aliphatic hydroxyl groups excluding tert-OH is 1. The molecule has 1 aliphatic rings. The van der Waals surface area contributed by atoms with Crippen LogP contribution in [-0.2, 0) is 0 Å². The lowest BCUT2D eigenvalue weighted by Crippen LogP contribution is -2.28. The van der Waals surface area contributed by atoms with Crippen LogP contribution in [0.1, 0.15) is 51.7 Å². The van der Waals surface area contributed by atoms with Crippen molar-refractivity contribution in [2.24, 2.45) is 11.8 Å². The Balaban J connectivity index is 2.03. The van der Waals surface area contributed by atoms with Gasteiger partial charge in [0.1, 0.15) is 5.75 Å². The summed E-state index contributed by atoms with van der Waals surface area (Å²) < 4.78 is 6.03. The van der Waals surface area contributed by atoms with E-state index in [-0.39, 0.29) is 6.10 Å². The molecule has 2 rings (SSSR count). The van der Waals surface area contributed by atoms with Crippen LogP contribution >= 0.6 is 11.6 Å². The molecule has 0 aliphatic heterocycles. The predicted molar refractivity (Wildman–Crippen MR) is 78.7 cm³/mol. The Morgan fingerprint density at radius 3 is 2.58 bits per heavy atom. The van der Waals surface area contributed by atoms with E-state index in [1.54, 1.807) is 13.0 Å². The summed E-state index contributed by atoms with van der Waals surface area (Å²) >= 11 is 6.22. The fourth-order valence-corrected chi connectivity index (χ4v) is 2.89. The maximum absolute atomic E-state index is 9.52. The Kier molecular flexibility index (Phi) is 4.75. The molecule has 1 saturated carbocycles. The van der Waals surface area contributed by atoms with Crippen molar-refractivity contribution in [2.75, 3.05) is 0 Å². The zero-order valence-electron chi connectivity index (χ0n) is 11.9. The molecule has 0 aromatic heterocycles. The summed E-state index contributed by atoms with van der Waals surface area (Å²) in [6.07, 6.45) is 3.17. The lowest BCUT2D eigenvalue weighted by molar-refractivity contribution is 0.101. The highest BCUT2D eigenvalue weighted by atomic mass is 35.5. The summed E-state index contributed by atoms with van der Waals surface area (Å²) in [5, 5.41) is 10.1. The van der Waals surface area contributed by atoms with Crippen LogP contribution < -0.4 is 4.74 Å². The third kappa shape index (κ3) is 3.64. The molecule has 1 fully saturated rings. The number of ether oxygens (including phenoxy) is 1. The molecule has 0 radical (unpaired) electrons. The lowest BCUT2D eigenvalue weighted by atomic mass is 9.80. The van der Waals surface area contributed by atoms with Crippen molar-refractivity contribution >= 4 is 11.6 Å². The maximum atomic E-state index is 9.52. The van der Waals surface area contributed by atoms with Gasteiger partial charge in [0.25, 0.3) is 0 Å². The summed E-state index contributed by atoms with van der Waals surface area (Å²) in [7, 11) is 0. The first kappa shape index (κ1) is 14.7. The van der Waals surface area contributed by atoms with E-state index in [4.69, 9.17) is 16.3 Å². The fourth-order valence-electron chi connectivity index (χ4n) is 2.66. The van der Waals surface area contributed by atoms with Gasteiger partial charge in [0, 0.05) is 0 Å². The summed E-state index contributed by atoms with van der Waals surface area (Å²) in [6, 6.07) is 5.53. The van der Waals surface area contributed by atoms with Crippen LogP contribution in [0.25, 0.3) is 0 Å². The van der Waals surface area contributed by atoms with E-state index in [2.05, 4.69) is 13.8 Å². The smallest absolute Gasteiger partial charge is 0.138 e. The Morgan fingerprint density at radius 1 is 1.26 bits per heavy atom. The second kappa shape index (κ2) is 6.15. The van der Waals surface area contributed by atoms with Crippen molar-refractivity contribution in [3.05, 3.63) is 28.8 Å². The molecule has 2 nitrogen and oxygen atoms in total. The molecule has 1 aromatic carbocycles. The highest BCUT2D eigenvalue weighted by Crippen LogP contribution is 2.34. The minimum absolute atomic E-state index is 0.265.